The summed E-state index contributed by atoms with van der Waals surface area (Å²) in [6.07, 6.45) is 5.34. The molecule has 2 aromatic heterocycles. The maximum absolute atomic E-state index is 12.9. The van der Waals surface area contributed by atoms with Crippen LogP contribution in [0.5, 0.6) is 0 Å². The van der Waals surface area contributed by atoms with Gasteiger partial charge >= 0.3 is 0 Å². The summed E-state index contributed by atoms with van der Waals surface area (Å²) >= 11 is 0. The van der Waals surface area contributed by atoms with Gasteiger partial charge in [-0.1, -0.05) is 30.3 Å². The molecule has 1 saturated heterocycles. The summed E-state index contributed by atoms with van der Waals surface area (Å²) in [5.41, 5.74) is 2.48. The number of carbonyl (C=O) groups excluding carboxylic acids is 1. The molecule has 3 heterocycles. The van der Waals surface area contributed by atoms with Crippen LogP contribution in [0, 0.1) is 0 Å². The van der Waals surface area contributed by atoms with E-state index in [-0.39, 0.29) is 5.91 Å². The molecule has 3 aromatic rings. The first-order valence-corrected chi connectivity index (χ1v) is 9.44. The molecule has 1 aliphatic heterocycles. The third-order valence-corrected chi connectivity index (χ3v) is 4.71. The topological polar surface area (TPSA) is 72.3 Å². The fourth-order valence-corrected chi connectivity index (χ4v) is 3.22. The third-order valence-electron chi connectivity index (χ3n) is 4.71. The zero-order valence-electron chi connectivity index (χ0n) is 15.6. The Balaban J connectivity index is 1.56. The fraction of sp³-hybridized carbons (Fsp3) is 0.286. The number of hydrogen-bond donors (Lipinski definition) is 1. The number of benzene rings is 1. The van der Waals surface area contributed by atoms with Gasteiger partial charge in [0, 0.05) is 44.1 Å². The average Bonchev–Trinajstić information content (AvgIpc) is 3.28. The van der Waals surface area contributed by atoms with E-state index in [4.69, 9.17) is 9.72 Å². The van der Waals surface area contributed by atoms with E-state index in [1.54, 1.807) is 12.5 Å². The van der Waals surface area contributed by atoms with E-state index in [1.165, 1.54) is 0 Å². The molecule has 0 radical (unpaired) electrons. The number of pyridine rings is 1. The molecule has 0 saturated carbocycles. The lowest BCUT2D eigenvalue weighted by Crippen LogP contribution is -2.39. The van der Waals surface area contributed by atoms with Gasteiger partial charge in [-0.25, -0.2) is 9.97 Å². The van der Waals surface area contributed by atoms with Gasteiger partial charge in [-0.05, 0) is 12.1 Å². The first kappa shape index (κ1) is 18.2. The van der Waals surface area contributed by atoms with Gasteiger partial charge in [0.2, 0.25) is 0 Å². The molecule has 0 atom stereocenters. The van der Waals surface area contributed by atoms with Crippen molar-refractivity contribution in [3.8, 4) is 11.3 Å². The molecule has 0 unspecified atom stereocenters. The number of carbonyl (C=O) groups is 1. The van der Waals surface area contributed by atoms with Crippen LogP contribution < -0.4 is 10.2 Å². The molecule has 1 amide bonds. The largest absolute Gasteiger partial charge is 0.378 e. The van der Waals surface area contributed by atoms with Gasteiger partial charge in [-0.3, -0.25) is 4.79 Å². The van der Waals surface area contributed by atoms with Crippen molar-refractivity contribution in [2.75, 3.05) is 37.7 Å². The summed E-state index contributed by atoms with van der Waals surface area (Å²) in [6, 6.07) is 13.8. The van der Waals surface area contributed by atoms with Gasteiger partial charge < -0.3 is 19.5 Å². The molecule has 1 fully saturated rings. The lowest BCUT2D eigenvalue weighted by Gasteiger charge is -2.29. The predicted octanol–water partition coefficient (Wildman–Crippen LogP) is 2.21. The Morgan fingerprint density at radius 3 is 2.68 bits per heavy atom. The monoisotopic (exact) mass is 377 g/mol. The van der Waals surface area contributed by atoms with Crippen LogP contribution in [0.4, 0.5) is 5.82 Å². The minimum Gasteiger partial charge on any atom is -0.378 e. The highest BCUT2D eigenvalue weighted by Crippen LogP contribution is 2.25. The van der Waals surface area contributed by atoms with E-state index in [0.29, 0.717) is 37.7 Å². The van der Waals surface area contributed by atoms with Crippen LogP contribution in [0.15, 0.2) is 61.2 Å². The average molecular weight is 377 g/mol. The second-order valence-corrected chi connectivity index (χ2v) is 6.59. The molecule has 1 N–H and O–H groups in total. The molecular weight excluding hydrogens is 354 g/mol. The molecule has 7 heteroatoms. The van der Waals surface area contributed by atoms with E-state index >= 15 is 0 Å². The van der Waals surface area contributed by atoms with Gasteiger partial charge in [0.1, 0.15) is 5.82 Å². The Kier molecular flexibility index (Phi) is 5.63. The number of ether oxygens (including phenoxy) is 1. The summed E-state index contributed by atoms with van der Waals surface area (Å²) in [7, 11) is 0. The van der Waals surface area contributed by atoms with Crippen molar-refractivity contribution in [3.05, 3.63) is 66.7 Å². The number of aromatic nitrogens is 3. The van der Waals surface area contributed by atoms with Gasteiger partial charge in [0.25, 0.3) is 5.91 Å². The van der Waals surface area contributed by atoms with Crippen molar-refractivity contribution >= 4 is 11.7 Å². The minimum absolute atomic E-state index is 0.117. The number of nitrogens with zero attached hydrogens (tertiary/aromatic N) is 4. The quantitative estimate of drug-likeness (QED) is 0.713. The number of hydrogen-bond acceptors (Lipinski definition) is 5. The molecule has 4 rings (SSSR count). The SMILES string of the molecule is O=C(NCCn1ccnc1)c1ccc(-c2ccccc2)nc1N1CCOCC1. The molecule has 144 valence electrons. The lowest BCUT2D eigenvalue weighted by atomic mass is 10.1. The van der Waals surface area contributed by atoms with Crippen LogP contribution in [-0.4, -0.2) is 53.3 Å². The summed E-state index contributed by atoms with van der Waals surface area (Å²) < 4.78 is 7.39. The molecule has 0 aliphatic carbocycles. The third kappa shape index (κ3) is 4.20. The molecule has 1 aliphatic rings. The molecule has 0 spiro atoms. The highest BCUT2D eigenvalue weighted by Gasteiger charge is 2.21. The predicted molar refractivity (Wildman–Crippen MR) is 107 cm³/mol. The zero-order valence-corrected chi connectivity index (χ0v) is 15.6. The number of anilines is 1. The van der Waals surface area contributed by atoms with E-state index in [1.807, 2.05) is 53.2 Å². The molecular formula is C21H23N5O2. The van der Waals surface area contributed by atoms with Gasteiger partial charge in [0.05, 0.1) is 30.8 Å². The molecule has 0 bridgehead atoms. The van der Waals surface area contributed by atoms with Crippen LogP contribution in [-0.2, 0) is 11.3 Å². The Morgan fingerprint density at radius 1 is 1.11 bits per heavy atom. The number of rotatable bonds is 6. The van der Waals surface area contributed by atoms with Crippen molar-refractivity contribution < 1.29 is 9.53 Å². The van der Waals surface area contributed by atoms with E-state index in [9.17, 15) is 4.79 Å². The zero-order chi connectivity index (χ0) is 19.2. The first-order chi connectivity index (χ1) is 13.8. The number of nitrogens with one attached hydrogen (secondary N) is 1. The van der Waals surface area contributed by atoms with Crippen LogP contribution in [0.25, 0.3) is 11.3 Å². The van der Waals surface area contributed by atoms with Gasteiger partial charge in [-0.2, -0.15) is 0 Å². The Bertz CT molecular complexity index is 906. The standard InChI is InChI=1S/C21H23N5O2/c27-21(23-9-11-25-10-8-22-16-25)18-6-7-19(17-4-2-1-3-5-17)24-20(18)26-12-14-28-15-13-26/h1-8,10,16H,9,11-15H2,(H,23,27). The first-order valence-electron chi connectivity index (χ1n) is 9.44. The van der Waals surface area contributed by atoms with E-state index in [2.05, 4.69) is 15.2 Å². The van der Waals surface area contributed by atoms with Crippen LogP contribution in [0.1, 0.15) is 10.4 Å². The molecule has 28 heavy (non-hydrogen) atoms. The Labute approximate surface area is 164 Å². The second-order valence-electron chi connectivity index (χ2n) is 6.59. The Hall–Kier alpha value is -3.19. The number of morpholine rings is 1. The summed E-state index contributed by atoms with van der Waals surface area (Å²) in [6.45, 7) is 3.92. The summed E-state index contributed by atoms with van der Waals surface area (Å²) in [4.78, 5) is 23.8. The van der Waals surface area contributed by atoms with Crippen LogP contribution in [0.2, 0.25) is 0 Å². The molecule has 1 aromatic carbocycles. The van der Waals surface area contributed by atoms with Crippen LogP contribution in [0.3, 0.4) is 0 Å². The second kappa shape index (κ2) is 8.67. The highest BCUT2D eigenvalue weighted by atomic mass is 16.5. The van der Waals surface area contributed by atoms with Crippen LogP contribution >= 0.6 is 0 Å². The molecule has 7 nitrogen and oxygen atoms in total. The number of amides is 1. The van der Waals surface area contributed by atoms with Gasteiger partial charge in [-0.15, -0.1) is 0 Å². The van der Waals surface area contributed by atoms with E-state index < -0.39 is 0 Å². The summed E-state index contributed by atoms with van der Waals surface area (Å²) in [5, 5.41) is 2.99. The maximum Gasteiger partial charge on any atom is 0.255 e. The smallest absolute Gasteiger partial charge is 0.255 e. The maximum atomic E-state index is 12.9. The van der Waals surface area contributed by atoms with E-state index in [0.717, 1.165) is 24.3 Å². The minimum atomic E-state index is -0.117. The van der Waals surface area contributed by atoms with Crippen molar-refractivity contribution in [2.24, 2.45) is 0 Å². The normalized spacial score (nSPS) is 14.1. The van der Waals surface area contributed by atoms with Crippen molar-refractivity contribution in [1.82, 2.24) is 19.9 Å². The van der Waals surface area contributed by atoms with Crippen molar-refractivity contribution in [3.63, 3.8) is 0 Å². The van der Waals surface area contributed by atoms with Gasteiger partial charge in [0.15, 0.2) is 0 Å². The van der Waals surface area contributed by atoms with Crippen molar-refractivity contribution in [2.45, 2.75) is 6.54 Å². The van der Waals surface area contributed by atoms with Crippen molar-refractivity contribution in [1.29, 1.82) is 0 Å². The highest BCUT2D eigenvalue weighted by molar-refractivity contribution is 5.99. The Morgan fingerprint density at radius 2 is 1.93 bits per heavy atom. The summed E-state index contributed by atoms with van der Waals surface area (Å²) in [5.74, 6) is 0.596. The number of imidazole rings is 1. The lowest BCUT2D eigenvalue weighted by molar-refractivity contribution is 0.0950. The fourth-order valence-electron chi connectivity index (χ4n) is 3.22.